The van der Waals surface area contributed by atoms with Gasteiger partial charge in [0, 0.05) is 43.2 Å². The first-order valence-electron chi connectivity index (χ1n) is 13.1. The standard InChI is InChI=1S/C28H34BN3O6/c1-35-21-16-23(28(34)36-2)22-4-6-27(33)31(24(22)17-21)12-11-30-9-7-20(8-10-30)32(29)18-19-3-5-25-26(15-19)38-14-13-37-25/h3-6,15-17,20H,7-14,18,29H2,1-2H3. The van der Waals surface area contributed by atoms with Gasteiger partial charge in [-0.1, -0.05) is 6.07 Å². The Hall–Kier alpha value is -3.50. The van der Waals surface area contributed by atoms with Crippen LogP contribution in [-0.4, -0.2) is 81.3 Å². The van der Waals surface area contributed by atoms with Crippen molar-refractivity contribution in [2.45, 2.75) is 32.0 Å². The molecule has 38 heavy (non-hydrogen) atoms. The number of fused-ring (bicyclic) bond motifs is 2. The Morgan fingerprint density at radius 3 is 2.53 bits per heavy atom. The van der Waals surface area contributed by atoms with Gasteiger partial charge in [0.2, 0.25) is 0 Å². The second-order valence-corrected chi connectivity index (χ2v) is 9.89. The fourth-order valence-corrected chi connectivity index (χ4v) is 5.43. The quantitative estimate of drug-likeness (QED) is 0.331. The molecule has 1 fully saturated rings. The van der Waals surface area contributed by atoms with Gasteiger partial charge in [-0.05, 0) is 55.8 Å². The van der Waals surface area contributed by atoms with Crippen LogP contribution in [-0.2, 0) is 17.8 Å². The predicted octanol–water partition coefficient (Wildman–Crippen LogP) is 2.08. The van der Waals surface area contributed by atoms with Gasteiger partial charge in [-0.15, -0.1) is 0 Å². The lowest BCUT2D eigenvalue weighted by Crippen LogP contribution is -2.44. The van der Waals surface area contributed by atoms with Crippen LogP contribution in [0.2, 0.25) is 0 Å². The molecule has 0 atom stereocenters. The summed E-state index contributed by atoms with van der Waals surface area (Å²) in [6.45, 7) is 5.26. The number of pyridine rings is 1. The first kappa shape index (κ1) is 26.1. The van der Waals surface area contributed by atoms with Gasteiger partial charge in [0.25, 0.3) is 5.56 Å². The number of esters is 1. The maximum Gasteiger partial charge on any atom is 0.338 e. The highest BCUT2D eigenvalue weighted by Gasteiger charge is 2.23. The number of likely N-dealkylation sites (tertiary alicyclic amines) is 1. The molecule has 3 heterocycles. The van der Waals surface area contributed by atoms with E-state index in [1.165, 1.54) is 18.7 Å². The molecular weight excluding hydrogens is 485 g/mol. The fourth-order valence-electron chi connectivity index (χ4n) is 5.43. The van der Waals surface area contributed by atoms with E-state index in [0.29, 0.717) is 48.0 Å². The van der Waals surface area contributed by atoms with Gasteiger partial charge < -0.3 is 33.2 Å². The van der Waals surface area contributed by atoms with E-state index >= 15 is 0 Å². The molecular formula is C28H34BN3O6. The molecule has 5 rings (SSSR count). The van der Waals surface area contributed by atoms with Crippen LogP contribution in [0.4, 0.5) is 0 Å². The Bertz CT molecular complexity index is 1370. The lowest BCUT2D eigenvalue weighted by atomic mass is 9.99. The number of aromatic nitrogens is 1. The number of carbonyl (C=O) groups is 1. The smallest absolute Gasteiger partial charge is 0.338 e. The number of piperidine rings is 1. The molecule has 3 aromatic rings. The first-order chi connectivity index (χ1) is 18.5. The number of benzene rings is 2. The molecule has 1 saturated heterocycles. The number of ether oxygens (including phenoxy) is 4. The molecule has 200 valence electrons. The normalized spacial score (nSPS) is 16.1. The zero-order chi connectivity index (χ0) is 26.6. The van der Waals surface area contributed by atoms with Crippen molar-refractivity contribution in [3.63, 3.8) is 0 Å². The van der Waals surface area contributed by atoms with Crippen molar-refractivity contribution in [1.29, 1.82) is 0 Å². The molecule has 0 spiro atoms. The Kier molecular flexibility index (Phi) is 7.90. The third-order valence-corrected chi connectivity index (χ3v) is 7.58. The van der Waals surface area contributed by atoms with Crippen LogP contribution in [0.15, 0.2) is 47.3 Å². The predicted molar refractivity (Wildman–Crippen MR) is 147 cm³/mol. The summed E-state index contributed by atoms with van der Waals surface area (Å²) in [6, 6.07) is 13.3. The number of carbonyl (C=O) groups excluding carboxylic acids is 1. The molecule has 0 unspecified atom stereocenters. The number of methoxy groups -OCH3 is 2. The van der Waals surface area contributed by atoms with Crippen LogP contribution in [0.1, 0.15) is 28.8 Å². The summed E-state index contributed by atoms with van der Waals surface area (Å²) in [5.41, 5.74) is 2.18. The van der Waals surface area contributed by atoms with Crippen LogP contribution in [0.3, 0.4) is 0 Å². The fraction of sp³-hybridized carbons (Fsp3) is 0.429. The summed E-state index contributed by atoms with van der Waals surface area (Å²) in [7, 11) is 5.07. The number of rotatable bonds is 8. The monoisotopic (exact) mass is 519 g/mol. The van der Waals surface area contributed by atoms with Crippen LogP contribution < -0.4 is 19.8 Å². The van der Waals surface area contributed by atoms with Crippen LogP contribution >= 0.6 is 0 Å². The van der Waals surface area contributed by atoms with Crippen molar-refractivity contribution >= 4 is 24.9 Å². The average Bonchev–Trinajstić information content (AvgIpc) is 2.95. The van der Waals surface area contributed by atoms with Gasteiger partial charge in [0.1, 0.15) is 19.0 Å². The summed E-state index contributed by atoms with van der Waals surface area (Å²) in [6.07, 6.45) is 2.12. The molecule has 2 aromatic carbocycles. The van der Waals surface area contributed by atoms with E-state index in [9.17, 15) is 9.59 Å². The molecule has 0 saturated carbocycles. The van der Waals surface area contributed by atoms with Gasteiger partial charge >= 0.3 is 5.97 Å². The van der Waals surface area contributed by atoms with Crippen LogP contribution in [0.25, 0.3) is 10.9 Å². The van der Waals surface area contributed by atoms with Gasteiger partial charge in [-0.2, -0.15) is 0 Å². The van der Waals surface area contributed by atoms with E-state index in [2.05, 4.69) is 29.8 Å². The summed E-state index contributed by atoms with van der Waals surface area (Å²) in [4.78, 5) is 30.0. The Morgan fingerprint density at radius 2 is 1.79 bits per heavy atom. The molecule has 2 aliphatic heterocycles. The van der Waals surface area contributed by atoms with Crippen molar-refractivity contribution in [2.75, 3.05) is 47.1 Å². The highest BCUT2D eigenvalue weighted by atomic mass is 16.6. The molecule has 0 bridgehead atoms. The van der Waals surface area contributed by atoms with E-state index in [0.717, 1.165) is 50.5 Å². The average molecular weight is 519 g/mol. The zero-order valence-electron chi connectivity index (χ0n) is 22.3. The minimum absolute atomic E-state index is 0.101. The van der Waals surface area contributed by atoms with E-state index in [-0.39, 0.29) is 5.56 Å². The second-order valence-electron chi connectivity index (χ2n) is 9.89. The van der Waals surface area contributed by atoms with Crippen molar-refractivity contribution in [2.24, 2.45) is 0 Å². The Morgan fingerprint density at radius 1 is 1.03 bits per heavy atom. The number of hydrogen-bond acceptors (Lipinski definition) is 8. The first-order valence-corrected chi connectivity index (χ1v) is 13.1. The molecule has 1 aromatic heterocycles. The van der Waals surface area contributed by atoms with E-state index in [4.69, 9.17) is 18.9 Å². The zero-order valence-corrected chi connectivity index (χ0v) is 22.3. The SMILES string of the molecule is BN(Cc1ccc2c(c1)OCCO2)C1CCN(CCn2c(=O)ccc3c(C(=O)OC)cc(OC)cc32)CC1. The largest absolute Gasteiger partial charge is 0.497 e. The topological polar surface area (TPSA) is 82.5 Å². The van der Waals surface area contributed by atoms with E-state index in [1.54, 1.807) is 23.8 Å². The summed E-state index contributed by atoms with van der Waals surface area (Å²) >= 11 is 0. The molecule has 0 N–H and O–H groups in total. The van der Waals surface area contributed by atoms with Crippen molar-refractivity contribution in [3.05, 3.63) is 63.9 Å². The number of nitrogens with zero attached hydrogens (tertiary/aromatic N) is 3. The van der Waals surface area contributed by atoms with Crippen molar-refractivity contribution < 1.29 is 23.7 Å². The summed E-state index contributed by atoms with van der Waals surface area (Å²) in [5.74, 6) is 1.71. The molecule has 2 aliphatic rings. The van der Waals surface area contributed by atoms with Gasteiger partial charge in [-0.3, -0.25) is 4.79 Å². The van der Waals surface area contributed by atoms with E-state index in [1.807, 2.05) is 12.1 Å². The Labute approximate surface area is 223 Å². The minimum Gasteiger partial charge on any atom is -0.497 e. The number of hydrogen-bond donors (Lipinski definition) is 0. The van der Waals surface area contributed by atoms with Crippen LogP contribution in [0, 0.1) is 0 Å². The minimum atomic E-state index is -0.457. The highest BCUT2D eigenvalue weighted by molar-refractivity contribution is 6.04. The lowest BCUT2D eigenvalue weighted by molar-refractivity contribution is 0.0602. The Balaban J connectivity index is 1.21. The summed E-state index contributed by atoms with van der Waals surface area (Å²) < 4.78 is 23.5. The van der Waals surface area contributed by atoms with Crippen molar-refractivity contribution in [1.82, 2.24) is 14.3 Å². The molecule has 10 heteroatoms. The van der Waals surface area contributed by atoms with Crippen molar-refractivity contribution in [3.8, 4) is 17.2 Å². The van der Waals surface area contributed by atoms with E-state index < -0.39 is 5.97 Å². The molecule has 0 aliphatic carbocycles. The van der Waals surface area contributed by atoms with Gasteiger partial charge in [-0.25, -0.2) is 4.79 Å². The maximum absolute atomic E-state index is 12.8. The summed E-state index contributed by atoms with van der Waals surface area (Å²) in [5, 5.41) is 0.678. The lowest BCUT2D eigenvalue weighted by Gasteiger charge is -2.37. The third-order valence-electron chi connectivity index (χ3n) is 7.58. The molecule has 0 amide bonds. The van der Waals surface area contributed by atoms with Gasteiger partial charge in [0.05, 0.1) is 25.3 Å². The molecule has 0 radical (unpaired) electrons. The molecule has 9 nitrogen and oxygen atoms in total. The van der Waals surface area contributed by atoms with Gasteiger partial charge in [0.15, 0.2) is 19.5 Å². The van der Waals surface area contributed by atoms with Crippen LogP contribution in [0.5, 0.6) is 17.2 Å². The second kappa shape index (κ2) is 11.5. The highest BCUT2D eigenvalue weighted by Crippen LogP contribution is 2.31. The third kappa shape index (κ3) is 5.51. The maximum atomic E-state index is 12.8.